The van der Waals surface area contributed by atoms with Crippen molar-refractivity contribution >= 4 is 17.6 Å². The second-order valence-corrected chi connectivity index (χ2v) is 3.52. The van der Waals surface area contributed by atoms with Crippen molar-refractivity contribution in [2.75, 3.05) is 12.8 Å². The average molecular weight is 258 g/mol. The quantitative estimate of drug-likeness (QED) is 0.621. The van der Waals surface area contributed by atoms with Gasteiger partial charge in [-0.2, -0.15) is 0 Å². The molecule has 0 aromatic heterocycles. The molecule has 0 radical (unpaired) electrons. The van der Waals surface area contributed by atoms with Crippen LogP contribution >= 0.6 is 0 Å². The summed E-state index contributed by atoms with van der Waals surface area (Å²) in [7, 11) is 1.36. The van der Waals surface area contributed by atoms with Gasteiger partial charge >= 0.3 is 5.97 Å². The first-order valence-electron chi connectivity index (χ1n) is 5.04. The molecule has 0 saturated heterocycles. The van der Waals surface area contributed by atoms with E-state index in [4.69, 9.17) is 5.73 Å². The van der Waals surface area contributed by atoms with Gasteiger partial charge in [0.15, 0.2) is 6.10 Å². The Labute approximate surface area is 102 Å². The Kier molecular flexibility index (Phi) is 4.19. The van der Waals surface area contributed by atoms with Gasteiger partial charge < -0.3 is 15.8 Å². The number of likely N-dealkylation sites (N-methyl/N-ethyl adjacent to an activating group) is 1. The molecule has 1 atom stereocenters. The Morgan fingerprint density at radius 2 is 1.94 bits per heavy atom. The van der Waals surface area contributed by atoms with Crippen LogP contribution in [0.15, 0.2) is 12.1 Å². The number of nitrogens with two attached hydrogens (primary N) is 1. The van der Waals surface area contributed by atoms with Gasteiger partial charge in [-0.05, 0) is 13.0 Å². The first-order valence-corrected chi connectivity index (χ1v) is 5.04. The van der Waals surface area contributed by atoms with Crippen LogP contribution in [0.4, 0.5) is 14.5 Å². The van der Waals surface area contributed by atoms with Crippen LogP contribution in [-0.4, -0.2) is 25.0 Å². The first kappa shape index (κ1) is 13.9. The number of carbonyl (C=O) groups excluding carboxylic acids is 2. The van der Waals surface area contributed by atoms with Gasteiger partial charge in [0.05, 0.1) is 11.3 Å². The molecule has 3 N–H and O–H groups in total. The lowest BCUT2D eigenvalue weighted by molar-refractivity contribution is -0.128. The Bertz CT molecular complexity index is 491. The SMILES string of the molecule is CNC(=O)C(C)OC(=O)c1cc(F)c(N)cc1F. The van der Waals surface area contributed by atoms with Crippen LogP contribution in [0.2, 0.25) is 0 Å². The molecule has 0 spiro atoms. The van der Waals surface area contributed by atoms with E-state index >= 15 is 0 Å². The molecule has 0 fully saturated rings. The number of esters is 1. The molecule has 0 bridgehead atoms. The van der Waals surface area contributed by atoms with E-state index in [1.54, 1.807) is 0 Å². The first-order chi connectivity index (χ1) is 8.36. The molecule has 1 rings (SSSR count). The molecule has 1 amide bonds. The molecule has 1 unspecified atom stereocenters. The predicted octanol–water partition coefficient (Wildman–Crippen LogP) is 0.838. The van der Waals surface area contributed by atoms with E-state index in [0.717, 1.165) is 0 Å². The van der Waals surface area contributed by atoms with Gasteiger partial charge in [-0.15, -0.1) is 0 Å². The predicted molar refractivity (Wildman–Crippen MR) is 59.7 cm³/mol. The zero-order chi connectivity index (χ0) is 13.9. The Morgan fingerprint density at radius 3 is 2.50 bits per heavy atom. The third-order valence-corrected chi connectivity index (χ3v) is 2.21. The third-order valence-electron chi connectivity index (χ3n) is 2.21. The molecule has 0 aliphatic heterocycles. The van der Waals surface area contributed by atoms with Crippen molar-refractivity contribution in [3.8, 4) is 0 Å². The Balaban J connectivity index is 2.91. The number of nitrogens with one attached hydrogen (secondary N) is 1. The van der Waals surface area contributed by atoms with E-state index in [1.807, 2.05) is 0 Å². The van der Waals surface area contributed by atoms with Crippen molar-refractivity contribution in [2.24, 2.45) is 0 Å². The van der Waals surface area contributed by atoms with Crippen molar-refractivity contribution in [1.82, 2.24) is 5.32 Å². The normalized spacial score (nSPS) is 11.8. The summed E-state index contributed by atoms with van der Waals surface area (Å²) in [4.78, 5) is 22.6. The average Bonchev–Trinajstić information content (AvgIpc) is 2.32. The summed E-state index contributed by atoms with van der Waals surface area (Å²) in [6, 6.07) is 1.31. The van der Waals surface area contributed by atoms with E-state index in [-0.39, 0.29) is 0 Å². The van der Waals surface area contributed by atoms with E-state index in [9.17, 15) is 18.4 Å². The maximum absolute atomic E-state index is 13.4. The number of ether oxygens (including phenoxy) is 1. The van der Waals surface area contributed by atoms with E-state index in [1.165, 1.54) is 14.0 Å². The maximum Gasteiger partial charge on any atom is 0.342 e. The summed E-state index contributed by atoms with van der Waals surface area (Å²) in [6.07, 6.45) is -1.11. The summed E-state index contributed by atoms with van der Waals surface area (Å²) in [5, 5.41) is 2.25. The zero-order valence-electron chi connectivity index (χ0n) is 9.79. The van der Waals surface area contributed by atoms with Crippen LogP contribution in [-0.2, 0) is 9.53 Å². The molecule has 0 heterocycles. The highest BCUT2D eigenvalue weighted by Gasteiger charge is 2.21. The van der Waals surface area contributed by atoms with Crippen LogP contribution < -0.4 is 11.1 Å². The fraction of sp³-hybridized carbons (Fsp3) is 0.273. The molecule has 0 aliphatic rings. The minimum atomic E-state index is -1.14. The van der Waals surface area contributed by atoms with Crippen LogP contribution in [0.3, 0.4) is 0 Å². The van der Waals surface area contributed by atoms with Crippen molar-refractivity contribution in [3.63, 3.8) is 0 Å². The molecule has 5 nitrogen and oxygen atoms in total. The highest BCUT2D eigenvalue weighted by atomic mass is 19.1. The summed E-state index contributed by atoms with van der Waals surface area (Å²) in [5.41, 5.74) is 4.10. The number of hydrogen-bond acceptors (Lipinski definition) is 4. The molecule has 7 heteroatoms. The number of rotatable bonds is 3. The van der Waals surface area contributed by atoms with Gasteiger partial charge in [-0.3, -0.25) is 4.79 Å². The van der Waals surface area contributed by atoms with Crippen molar-refractivity contribution in [1.29, 1.82) is 0 Å². The van der Waals surface area contributed by atoms with Crippen LogP contribution in [0.5, 0.6) is 0 Å². The smallest absolute Gasteiger partial charge is 0.342 e. The highest BCUT2D eigenvalue weighted by molar-refractivity contribution is 5.92. The topological polar surface area (TPSA) is 81.4 Å². The second-order valence-electron chi connectivity index (χ2n) is 3.52. The van der Waals surface area contributed by atoms with Crippen LogP contribution in [0.1, 0.15) is 17.3 Å². The molecule has 0 saturated carbocycles. The number of amides is 1. The molecular weight excluding hydrogens is 246 g/mol. The number of anilines is 1. The van der Waals surface area contributed by atoms with Crippen molar-refractivity contribution < 1.29 is 23.1 Å². The van der Waals surface area contributed by atoms with Gasteiger partial charge in [0.2, 0.25) is 0 Å². The number of halogens is 2. The lowest BCUT2D eigenvalue weighted by Gasteiger charge is -2.12. The van der Waals surface area contributed by atoms with Gasteiger partial charge in [0, 0.05) is 13.1 Å². The monoisotopic (exact) mass is 258 g/mol. The highest BCUT2D eigenvalue weighted by Crippen LogP contribution is 2.17. The minimum absolute atomic E-state index is 0.414. The van der Waals surface area contributed by atoms with Crippen LogP contribution in [0.25, 0.3) is 0 Å². The number of benzene rings is 1. The van der Waals surface area contributed by atoms with Crippen LogP contribution in [0, 0.1) is 11.6 Å². The van der Waals surface area contributed by atoms with E-state index in [2.05, 4.69) is 10.1 Å². The summed E-state index contributed by atoms with van der Waals surface area (Å²) in [5.74, 6) is -3.64. The van der Waals surface area contributed by atoms with Crippen molar-refractivity contribution in [3.05, 3.63) is 29.3 Å². The molecule has 1 aromatic rings. The standard InChI is InChI=1S/C11H12F2N2O3/c1-5(10(16)15-2)18-11(17)6-3-8(13)9(14)4-7(6)12/h3-5H,14H2,1-2H3,(H,15,16). The third kappa shape index (κ3) is 2.93. The lowest BCUT2D eigenvalue weighted by atomic mass is 10.2. The summed E-state index contributed by atoms with van der Waals surface area (Å²) < 4.78 is 31.1. The Morgan fingerprint density at radius 1 is 1.33 bits per heavy atom. The van der Waals surface area contributed by atoms with Gasteiger partial charge in [-0.1, -0.05) is 0 Å². The fourth-order valence-electron chi connectivity index (χ4n) is 1.20. The summed E-state index contributed by atoms with van der Waals surface area (Å²) >= 11 is 0. The van der Waals surface area contributed by atoms with Gasteiger partial charge in [0.1, 0.15) is 11.6 Å². The molecule has 18 heavy (non-hydrogen) atoms. The number of nitrogen functional groups attached to an aromatic ring is 1. The van der Waals surface area contributed by atoms with E-state index in [0.29, 0.717) is 12.1 Å². The zero-order valence-corrected chi connectivity index (χ0v) is 9.79. The van der Waals surface area contributed by atoms with Gasteiger partial charge in [0.25, 0.3) is 5.91 Å². The fourth-order valence-corrected chi connectivity index (χ4v) is 1.20. The second kappa shape index (κ2) is 5.44. The lowest BCUT2D eigenvalue weighted by Crippen LogP contribution is -2.33. The molecule has 0 aliphatic carbocycles. The number of carbonyl (C=O) groups is 2. The minimum Gasteiger partial charge on any atom is -0.449 e. The van der Waals surface area contributed by atoms with Gasteiger partial charge in [-0.25, -0.2) is 13.6 Å². The Hall–Kier alpha value is -2.18. The van der Waals surface area contributed by atoms with Crippen molar-refractivity contribution in [2.45, 2.75) is 13.0 Å². The van der Waals surface area contributed by atoms with E-state index < -0.39 is 40.9 Å². The largest absolute Gasteiger partial charge is 0.449 e. The molecule has 98 valence electrons. The molecular formula is C11H12F2N2O3. The maximum atomic E-state index is 13.4. The molecule has 1 aromatic carbocycles. The number of hydrogen-bond donors (Lipinski definition) is 2. The summed E-state index contributed by atoms with van der Waals surface area (Å²) in [6.45, 7) is 1.31.